The number of alkyl halides is 6. The molecular weight excluding hydrogens is 455 g/mol. The predicted octanol–water partition coefficient (Wildman–Crippen LogP) is 6.39. The van der Waals surface area contributed by atoms with Crippen molar-refractivity contribution in [1.82, 2.24) is 5.32 Å². The number of nitrogens with one attached hydrogen (secondary N) is 1. The van der Waals surface area contributed by atoms with Crippen molar-refractivity contribution in [2.75, 3.05) is 0 Å². The monoisotopic (exact) mass is 477 g/mol. The van der Waals surface area contributed by atoms with Crippen molar-refractivity contribution in [1.29, 1.82) is 0 Å². The number of hydrogen-bond donors (Lipinski definition) is 1. The van der Waals surface area contributed by atoms with Gasteiger partial charge in [0, 0.05) is 18.4 Å². The van der Waals surface area contributed by atoms with Crippen LogP contribution in [0.2, 0.25) is 0 Å². The summed E-state index contributed by atoms with van der Waals surface area (Å²) >= 11 is 0. The van der Waals surface area contributed by atoms with Gasteiger partial charge in [0.05, 0.1) is 23.3 Å². The predicted molar refractivity (Wildman–Crippen MR) is 106 cm³/mol. The van der Waals surface area contributed by atoms with Crippen LogP contribution in [0.1, 0.15) is 61.0 Å². The van der Waals surface area contributed by atoms with E-state index in [9.17, 15) is 35.5 Å². The molecule has 1 saturated heterocycles. The quantitative estimate of drug-likeness (QED) is 0.518. The number of ether oxygens (including phenoxy) is 1. The molecule has 33 heavy (non-hydrogen) atoms. The van der Waals surface area contributed by atoms with Crippen LogP contribution in [0.25, 0.3) is 0 Å². The molecule has 3 rings (SSSR count). The lowest BCUT2D eigenvalue weighted by molar-refractivity contribution is -0.143. The Hall–Kier alpha value is -2.62. The average molecular weight is 477 g/mol. The zero-order valence-electron chi connectivity index (χ0n) is 17.7. The Kier molecular flexibility index (Phi) is 7.07. The zero-order chi connectivity index (χ0) is 24.6. The van der Waals surface area contributed by atoms with Crippen molar-refractivity contribution >= 4 is 5.91 Å². The van der Waals surface area contributed by atoms with Crippen LogP contribution in [0.3, 0.4) is 0 Å². The van der Waals surface area contributed by atoms with Gasteiger partial charge in [-0.15, -0.1) is 0 Å². The number of carbonyl (C=O) groups is 1. The molecule has 0 spiro atoms. The van der Waals surface area contributed by atoms with E-state index >= 15 is 0 Å². The smallest absolute Gasteiger partial charge is 0.370 e. The summed E-state index contributed by atoms with van der Waals surface area (Å²) in [6, 6.07) is 6.37. The molecule has 1 aliphatic heterocycles. The average Bonchev–Trinajstić information content (AvgIpc) is 2.84. The maximum atomic E-state index is 13.4. The third-order valence-corrected chi connectivity index (χ3v) is 5.70. The first kappa shape index (κ1) is 25.0. The second-order valence-electron chi connectivity index (χ2n) is 8.13. The molecule has 3 nitrogen and oxygen atoms in total. The van der Waals surface area contributed by atoms with E-state index in [0.29, 0.717) is 17.7 Å². The molecule has 0 aromatic heterocycles. The Balaban J connectivity index is 1.97. The molecule has 0 radical (unpaired) electrons. The lowest BCUT2D eigenvalue weighted by Crippen LogP contribution is -2.38. The molecule has 1 N–H and O–H groups in total. The van der Waals surface area contributed by atoms with Crippen molar-refractivity contribution in [2.45, 2.75) is 63.2 Å². The molecular formula is C23H22F7NO2. The van der Waals surface area contributed by atoms with Crippen LogP contribution in [0, 0.1) is 5.82 Å². The van der Waals surface area contributed by atoms with E-state index in [-0.39, 0.29) is 30.4 Å². The summed E-state index contributed by atoms with van der Waals surface area (Å²) in [5, 5.41) is 2.80. The molecule has 1 heterocycles. The Morgan fingerprint density at radius 1 is 0.970 bits per heavy atom. The van der Waals surface area contributed by atoms with Crippen LogP contribution >= 0.6 is 0 Å². The minimum Gasteiger partial charge on any atom is -0.370 e. The van der Waals surface area contributed by atoms with E-state index in [2.05, 4.69) is 5.32 Å². The zero-order valence-corrected chi connectivity index (χ0v) is 17.7. The molecule has 0 unspecified atom stereocenters. The molecule has 10 heteroatoms. The molecule has 1 fully saturated rings. The van der Waals surface area contributed by atoms with Gasteiger partial charge in [0.15, 0.2) is 0 Å². The molecule has 2 aromatic rings. The van der Waals surface area contributed by atoms with E-state index in [1.54, 1.807) is 6.92 Å². The van der Waals surface area contributed by atoms with Gasteiger partial charge >= 0.3 is 12.4 Å². The number of rotatable bonds is 4. The highest BCUT2D eigenvalue weighted by Crippen LogP contribution is 2.39. The summed E-state index contributed by atoms with van der Waals surface area (Å²) in [7, 11) is 0. The normalized spacial score (nSPS) is 23.1. The molecule has 180 valence electrons. The summed E-state index contributed by atoms with van der Waals surface area (Å²) in [5.41, 5.74) is -2.51. The van der Waals surface area contributed by atoms with Gasteiger partial charge in [-0.25, -0.2) is 4.39 Å². The summed E-state index contributed by atoms with van der Waals surface area (Å²) in [6.45, 7) is 3.08. The van der Waals surface area contributed by atoms with E-state index in [1.807, 2.05) is 0 Å². The second kappa shape index (κ2) is 9.32. The molecule has 0 saturated carbocycles. The van der Waals surface area contributed by atoms with E-state index in [0.717, 1.165) is 0 Å². The topological polar surface area (TPSA) is 38.3 Å². The first-order valence-corrected chi connectivity index (χ1v) is 10.3. The van der Waals surface area contributed by atoms with Gasteiger partial charge in [0.1, 0.15) is 5.82 Å². The van der Waals surface area contributed by atoms with Crippen LogP contribution in [0.5, 0.6) is 0 Å². The standard InChI is InChI=1S/C23H22F7NO2/c1-12-21(14-3-5-18(24)6-4-14)19(7-8-20(32)31-12)33-13(2)15-9-16(22(25,26)27)11-17(10-15)23(28,29)30/h3-6,9-13,19,21H,7-8H2,1-2H3,(H,31,32)/t12-,13+,19-,21+/m0/s1. The third kappa shape index (κ3) is 6.04. The first-order chi connectivity index (χ1) is 15.3. The maximum absolute atomic E-state index is 13.4. The molecule has 2 aromatic carbocycles. The minimum atomic E-state index is -4.97. The highest BCUT2D eigenvalue weighted by atomic mass is 19.4. The van der Waals surface area contributed by atoms with Gasteiger partial charge in [0.2, 0.25) is 5.91 Å². The van der Waals surface area contributed by atoms with Gasteiger partial charge in [-0.05, 0) is 61.7 Å². The third-order valence-electron chi connectivity index (χ3n) is 5.70. The SMILES string of the molecule is C[C@@H]1NC(=O)CC[C@H](O[C@H](C)c2cc(C(F)(F)F)cc(C(F)(F)F)c2)[C@H]1c1ccc(F)cc1. The largest absolute Gasteiger partial charge is 0.416 e. The van der Waals surface area contributed by atoms with E-state index < -0.39 is 53.5 Å². The molecule has 1 amide bonds. The van der Waals surface area contributed by atoms with Crippen LogP contribution < -0.4 is 5.32 Å². The fourth-order valence-corrected chi connectivity index (χ4v) is 4.09. The summed E-state index contributed by atoms with van der Waals surface area (Å²) < 4.78 is 98.8. The number of hydrogen-bond acceptors (Lipinski definition) is 2. The van der Waals surface area contributed by atoms with Crippen LogP contribution in [-0.2, 0) is 21.9 Å². The molecule has 4 atom stereocenters. The van der Waals surface area contributed by atoms with E-state index in [1.165, 1.54) is 31.2 Å². The van der Waals surface area contributed by atoms with Crippen molar-refractivity contribution < 1.29 is 40.3 Å². The summed E-state index contributed by atoms with van der Waals surface area (Å²) in [4.78, 5) is 12.1. The molecule has 0 bridgehead atoms. The van der Waals surface area contributed by atoms with Gasteiger partial charge in [0.25, 0.3) is 0 Å². The first-order valence-electron chi connectivity index (χ1n) is 10.3. The lowest BCUT2D eigenvalue weighted by Gasteiger charge is -2.32. The molecule has 1 aliphatic rings. The lowest BCUT2D eigenvalue weighted by atomic mass is 9.86. The van der Waals surface area contributed by atoms with Gasteiger partial charge < -0.3 is 10.1 Å². The number of amides is 1. The minimum absolute atomic E-state index is 0.0633. The maximum Gasteiger partial charge on any atom is 0.416 e. The van der Waals surface area contributed by atoms with Gasteiger partial charge in [-0.2, -0.15) is 26.3 Å². The molecule has 0 aliphatic carbocycles. The van der Waals surface area contributed by atoms with E-state index in [4.69, 9.17) is 4.74 Å². The number of benzene rings is 2. The van der Waals surface area contributed by atoms with Crippen molar-refractivity contribution in [3.05, 3.63) is 70.5 Å². The summed E-state index contributed by atoms with van der Waals surface area (Å²) in [6.07, 6.45) is -11.5. The Morgan fingerprint density at radius 2 is 1.52 bits per heavy atom. The fraction of sp³-hybridized carbons (Fsp3) is 0.435. The highest BCUT2D eigenvalue weighted by molar-refractivity contribution is 5.76. The van der Waals surface area contributed by atoms with Crippen LogP contribution in [0.15, 0.2) is 42.5 Å². The van der Waals surface area contributed by atoms with Crippen LogP contribution in [0.4, 0.5) is 30.7 Å². The van der Waals surface area contributed by atoms with Crippen molar-refractivity contribution in [3.8, 4) is 0 Å². The second-order valence-corrected chi connectivity index (χ2v) is 8.13. The Morgan fingerprint density at radius 3 is 2.03 bits per heavy atom. The Bertz CT molecular complexity index is 954. The van der Waals surface area contributed by atoms with Gasteiger partial charge in [-0.3, -0.25) is 4.79 Å². The Labute approximate surface area is 185 Å². The van der Waals surface area contributed by atoms with Crippen LogP contribution in [-0.4, -0.2) is 18.1 Å². The van der Waals surface area contributed by atoms with Gasteiger partial charge in [-0.1, -0.05) is 12.1 Å². The summed E-state index contributed by atoms with van der Waals surface area (Å²) in [5.74, 6) is -1.22. The van der Waals surface area contributed by atoms with Crippen molar-refractivity contribution in [2.24, 2.45) is 0 Å². The number of carbonyl (C=O) groups excluding carboxylic acids is 1. The number of halogens is 7. The van der Waals surface area contributed by atoms with Crippen molar-refractivity contribution in [3.63, 3.8) is 0 Å². The fourth-order valence-electron chi connectivity index (χ4n) is 4.09. The highest BCUT2D eigenvalue weighted by Gasteiger charge is 2.39.